The lowest BCUT2D eigenvalue weighted by molar-refractivity contribution is -0.161. The van der Waals surface area contributed by atoms with E-state index in [0.29, 0.717) is 36.5 Å². The Bertz CT molecular complexity index is 1180. The van der Waals surface area contributed by atoms with E-state index in [9.17, 15) is 24.0 Å². The summed E-state index contributed by atoms with van der Waals surface area (Å²) in [5.74, 6) is 1.09. The Kier molecular flexibility index (Phi) is 19.6. The molecule has 5 unspecified atom stereocenters. The van der Waals surface area contributed by atoms with Crippen molar-refractivity contribution in [1.29, 1.82) is 0 Å². The van der Waals surface area contributed by atoms with Crippen LogP contribution in [0.5, 0.6) is 0 Å². The SMILES string of the molecule is CCC(COC(=O)CCS)(COC(=O)CCS[C@H](C)CC(=O)C1C(C)C=CCC1(C)C)COC(=O)CCS[C@@H](C)CC(=O)C1C(C)C=CCC1(C)C. The van der Waals surface area contributed by atoms with Crippen molar-refractivity contribution < 1.29 is 38.2 Å². The van der Waals surface area contributed by atoms with Gasteiger partial charge in [0, 0.05) is 52.4 Å². The summed E-state index contributed by atoms with van der Waals surface area (Å²) < 4.78 is 16.9. The average Bonchev–Trinajstić information content (AvgIpc) is 3.03. The first-order valence-electron chi connectivity index (χ1n) is 19.1. The highest BCUT2D eigenvalue weighted by Gasteiger charge is 2.41. The topological polar surface area (TPSA) is 113 Å². The minimum absolute atomic E-state index is 0.0116. The van der Waals surface area contributed by atoms with Gasteiger partial charge in [-0.05, 0) is 41.9 Å². The molecule has 0 heterocycles. The first-order chi connectivity index (χ1) is 24.4. The van der Waals surface area contributed by atoms with Crippen LogP contribution in [0.1, 0.15) is 114 Å². The van der Waals surface area contributed by atoms with Gasteiger partial charge in [-0.3, -0.25) is 24.0 Å². The van der Waals surface area contributed by atoms with E-state index < -0.39 is 23.3 Å². The molecule has 0 bridgehead atoms. The van der Waals surface area contributed by atoms with Crippen LogP contribution in [-0.2, 0) is 38.2 Å². The van der Waals surface area contributed by atoms with Gasteiger partial charge in [-0.15, -0.1) is 0 Å². The molecule has 0 fully saturated rings. The molecule has 11 heteroatoms. The molecule has 0 spiro atoms. The number of thiol groups is 1. The summed E-state index contributed by atoms with van der Waals surface area (Å²) in [7, 11) is 0. The number of hydrogen-bond donors (Lipinski definition) is 1. The second kappa shape index (κ2) is 22.0. The van der Waals surface area contributed by atoms with Gasteiger partial charge in [0.05, 0.1) is 24.7 Å². The van der Waals surface area contributed by atoms with Crippen molar-refractivity contribution in [3.05, 3.63) is 24.3 Å². The minimum Gasteiger partial charge on any atom is -0.465 e. The molecule has 0 aromatic carbocycles. The highest BCUT2D eigenvalue weighted by Crippen LogP contribution is 2.43. The second-order valence-electron chi connectivity index (χ2n) is 16.4. The van der Waals surface area contributed by atoms with Gasteiger partial charge in [0.2, 0.25) is 0 Å². The van der Waals surface area contributed by atoms with Crippen LogP contribution >= 0.6 is 36.2 Å². The maximum atomic E-state index is 13.2. The summed E-state index contributed by atoms with van der Waals surface area (Å²) in [4.78, 5) is 64.3. The molecular formula is C41H66O8S3. The van der Waals surface area contributed by atoms with Gasteiger partial charge in [0.25, 0.3) is 0 Å². The number of ether oxygens (including phenoxy) is 3. The fourth-order valence-corrected chi connectivity index (χ4v) is 9.72. The molecule has 7 atom stereocenters. The molecule has 52 heavy (non-hydrogen) atoms. The molecule has 2 aliphatic carbocycles. The van der Waals surface area contributed by atoms with Crippen molar-refractivity contribution in [2.24, 2.45) is 39.9 Å². The molecule has 2 rings (SSSR count). The van der Waals surface area contributed by atoms with Gasteiger partial charge >= 0.3 is 17.9 Å². The third-order valence-electron chi connectivity index (χ3n) is 10.7. The van der Waals surface area contributed by atoms with E-state index in [0.717, 1.165) is 12.8 Å². The molecule has 0 amide bonds. The molecule has 0 radical (unpaired) electrons. The maximum Gasteiger partial charge on any atom is 0.306 e. The van der Waals surface area contributed by atoms with Gasteiger partial charge < -0.3 is 14.2 Å². The second-order valence-corrected chi connectivity index (χ2v) is 20.0. The minimum atomic E-state index is -0.896. The Hall–Kier alpha value is -1.72. The van der Waals surface area contributed by atoms with E-state index >= 15 is 0 Å². The zero-order chi connectivity index (χ0) is 39.1. The van der Waals surface area contributed by atoms with Crippen LogP contribution in [0.15, 0.2) is 24.3 Å². The number of Topliss-reactive ketones (excluding diaryl/α,β-unsaturated/α-hetero) is 2. The highest BCUT2D eigenvalue weighted by molar-refractivity contribution is 8.00. The van der Waals surface area contributed by atoms with E-state index in [-0.39, 0.29) is 95.7 Å². The molecular weight excluding hydrogens is 717 g/mol. The first kappa shape index (κ1) is 46.4. The van der Waals surface area contributed by atoms with Crippen molar-refractivity contribution in [2.75, 3.05) is 37.1 Å². The summed E-state index contributed by atoms with van der Waals surface area (Å²) in [5, 5.41) is 0.141. The lowest BCUT2D eigenvalue weighted by Gasteiger charge is -2.39. The maximum absolute atomic E-state index is 13.2. The standard InChI is InChI=1S/C41H66O8S3/c1-10-41(25-47-34(44)15-20-50,26-48-35(45)16-21-51-30(4)23-32(42)37-28(2)13-11-18-39(37,6)7)27-49-36(46)17-22-52-31(5)24-33(43)38-29(3)14-12-19-40(38,8)9/h11-14,28-31,37-38,50H,10,15-27H2,1-9H3/t28?,29?,30-,31+,37?,38?,41?. The predicted molar refractivity (Wildman–Crippen MR) is 217 cm³/mol. The Morgan fingerprint density at radius 2 is 1.08 bits per heavy atom. The quantitative estimate of drug-likeness (QED) is 0.0467. The van der Waals surface area contributed by atoms with Crippen molar-refractivity contribution in [3.8, 4) is 0 Å². The van der Waals surface area contributed by atoms with E-state index in [1.165, 1.54) is 0 Å². The van der Waals surface area contributed by atoms with Crippen LogP contribution in [0.2, 0.25) is 0 Å². The van der Waals surface area contributed by atoms with Gasteiger partial charge in [-0.1, -0.05) is 86.6 Å². The zero-order valence-electron chi connectivity index (χ0n) is 33.2. The molecule has 0 saturated heterocycles. The predicted octanol–water partition coefficient (Wildman–Crippen LogP) is 8.75. The monoisotopic (exact) mass is 782 g/mol. The Morgan fingerprint density at radius 1 is 0.712 bits per heavy atom. The Labute approximate surface area is 327 Å². The normalized spacial score (nSPS) is 24.3. The van der Waals surface area contributed by atoms with Crippen molar-refractivity contribution in [2.45, 2.75) is 124 Å². The molecule has 0 aliphatic heterocycles. The van der Waals surface area contributed by atoms with Crippen molar-refractivity contribution in [3.63, 3.8) is 0 Å². The first-order valence-corrected chi connectivity index (χ1v) is 21.8. The average molecular weight is 783 g/mol. The van der Waals surface area contributed by atoms with Crippen LogP contribution < -0.4 is 0 Å². The van der Waals surface area contributed by atoms with Crippen LogP contribution in [0.4, 0.5) is 0 Å². The molecule has 0 N–H and O–H groups in total. The van der Waals surface area contributed by atoms with E-state index in [1.54, 1.807) is 23.5 Å². The number of ketones is 2. The van der Waals surface area contributed by atoms with Crippen LogP contribution in [0.25, 0.3) is 0 Å². The van der Waals surface area contributed by atoms with Crippen LogP contribution in [0, 0.1) is 39.9 Å². The van der Waals surface area contributed by atoms with Gasteiger partial charge in [0.1, 0.15) is 31.4 Å². The molecule has 0 aromatic rings. The van der Waals surface area contributed by atoms with Gasteiger partial charge in [0.15, 0.2) is 0 Å². The third kappa shape index (κ3) is 15.2. The van der Waals surface area contributed by atoms with Gasteiger partial charge in [-0.2, -0.15) is 36.2 Å². The highest BCUT2D eigenvalue weighted by atomic mass is 32.2. The summed E-state index contributed by atoms with van der Waals surface area (Å²) in [6.07, 6.45) is 12.3. The van der Waals surface area contributed by atoms with E-state index in [2.05, 4.69) is 78.5 Å². The number of rotatable bonds is 23. The summed E-state index contributed by atoms with van der Waals surface area (Å²) in [6.45, 7) is 18.6. The summed E-state index contributed by atoms with van der Waals surface area (Å²) >= 11 is 7.27. The molecule has 8 nitrogen and oxygen atoms in total. The third-order valence-corrected chi connectivity index (χ3v) is 13.2. The fourth-order valence-electron chi connectivity index (χ4n) is 7.60. The number of thioether (sulfide) groups is 2. The number of carbonyl (C=O) groups excluding carboxylic acids is 5. The van der Waals surface area contributed by atoms with Crippen LogP contribution in [-0.4, -0.2) is 77.1 Å². The van der Waals surface area contributed by atoms with E-state index in [4.69, 9.17) is 14.2 Å². The molecule has 0 saturated carbocycles. The summed E-state index contributed by atoms with van der Waals surface area (Å²) in [6, 6.07) is 0. The molecule has 0 aromatic heterocycles. The molecule has 296 valence electrons. The van der Waals surface area contributed by atoms with Crippen molar-refractivity contribution in [1.82, 2.24) is 0 Å². The Morgan fingerprint density at radius 3 is 1.40 bits per heavy atom. The number of hydrogen-bond acceptors (Lipinski definition) is 11. The lowest BCUT2D eigenvalue weighted by atomic mass is 9.65. The fraction of sp³-hybridized carbons (Fsp3) is 0.780. The van der Waals surface area contributed by atoms with Crippen LogP contribution in [0.3, 0.4) is 0 Å². The lowest BCUT2D eigenvalue weighted by Crippen LogP contribution is -2.39. The van der Waals surface area contributed by atoms with Crippen molar-refractivity contribution >= 4 is 65.6 Å². The molecule has 2 aliphatic rings. The van der Waals surface area contributed by atoms with E-state index in [1.807, 2.05) is 20.8 Å². The zero-order valence-corrected chi connectivity index (χ0v) is 35.7. The summed E-state index contributed by atoms with van der Waals surface area (Å²) in [5.41, 5.74) is -1.03. The Balaban J connectivity index is 1.85. The number of esters is 3. The smallest absolute Gasteiger partial charge is 0.306 e. The number of carbonyl (C=O) groups is 5. The largest absolute Gasteiger partial charge is 0.465 e. The number of allylic oxidation sites excluding steroid dienone is 4. The van der Waals surface area contributed by atoms with Gasteiger partial charge in [-0.25, -0.2) is 0 Å².